The Balaban J connectivity index is 1.23. The summed E-state index contributed by atoms with van der Waals surface area (Å²) < 4.78 is 2.19. The molecule has 0 saturated carbocycles. The van der Waals surface area contributed by atoms with Crippen molar-refractivity contribution in [1.82, 2.24) is 9.61 Å². The molecule has 0 radical (unpaired) electrons. The zero-order valence-corrected chi connectivity index (χ0v) is 36.4. The van der Waals surface area contributed by atoms with Gasteiger partial charge in [-0.2, -0.15) is 5.10 Å². The first-order valence-corrected chi connectivity index (χ1v) is 22.5. The number of nitrogens with zero attached hydrogens (tertiary/aromatic N) is 3. The number of aromatic nitrogens is 2. The van der Waals surface area contributed by atoms with E-state index in [9.17, 15) is 0 Å². The fourth-order valence-corrected chi connectivity index (χ4v) is 10.4. The minimum absolute atomic E-state index is 0.186. The summed E-state index contributed by atoms with van der Waals surface area (Å²) in [5.74, 6) is 0. The Kier molecular flexibility index (Phi) is 9.17. The van der Waals surface area contributed by atoms with Crippen molar-refractivity contribution in [2.45, 2.75) is 19.3 Å². The lowest BCUT2D eigenvalue weighted by Gasteiger charge is -2.32. The molecule has 0 fully saturated rings. The van der Waals surface area contributed by atoms with Gasteiger partial charge in [-0.1, -0.05) is 226 Å². The number of fused-ring (bicyclic) bond motifs is 6. The molecule has 0 N–H and O–H groups in total. The van der Waals surface area contributed by atoms with E-state index in [2.05, 4.69) is 260 Å². The van der Waals surface area contributed by atoms with Crippen LogP contribution in [-0.4, -0.2) is 9.61 Å². The molecule has 0 aliphatic heterocycles. The fourth-order valence-electron chi connectivity index (χ4n) is 10.4. The van der Waals surface area contributed by atoms with Gasteiger partial charge in [0, 0.05) is 44.0 Å². The summed E-state index contributed by atoms with van der Waals surface area (Å²) in [6, 6.07) is 85.8. The third-order valence-electron chi connectivity index (χ3n) is 13.4. The van der Waals surface area contributed by atoms with Gasteiger partial charge in [0.2, 0.25) is 0 Å². The van der Waals surface area contributed by atoms with E-state index in [0.717, 1.165) is 72.6 Å². The lowest BCUT2D eigenvalue weighted by molar-refractivity contribution is 0.660. The van der Waals surface area contributed by atoms with Crippen molar-refractivity contribution in [2.24, 2.45) is 0 Å². The van der Waals surface area contributed by atoms with Crippen LogP contribution in [-0.2, 0) is 5.41 Å². The third kappa shape index (κ3) is 6.23. The van der Waals surface area contributed by atoms with Crippen LogP contribution in [0, 0.1) is 0 Å². The van der Waals surface area contributed by atoms with E-state index in [4.69, 9.17) is 5.10 Å². The highest BCUT2D eigenvalue weighted by atomic mass is 15.2. The molecule has 2 heterocycles. The average molecular weight is 832 g/mol. The van der Waals surface area contributed by atoms with Gasteiger partial charge in [-0.15, -0.1) is 0 Å². The van der Waals surface area contributed by atoms with E-state index in [1.807, 2.05) is 0 Å². The first kappa shape index (κ1) is 38.4. The second-order valence-electron chi connectivity index (χ2n) is 17.5. The van der Waals surface area contributed by atoms with Crippen molar-refractivity contribution >= 4 is 33.4 Å². The van der Waals surface area contributed by atoms with Crippen LogP contribution in [0.4, 0.5) is 17.1 Å². The van der Waals surface area contributed by atoms with Crippen molar-refractivity contribution in [2.75, 3.05) is 4.90 Å². The summed E-state index contributed by atoms with van der Waals surface area (Å²) in [7, 11) is 0. The number of para-hydroxylation sites is 1. The number of hydrogen-bond acceptors (Lipinski definition) is 2. The van der Waals surface area contributed by atoms with Crippen LogP contribution < -0.4 is 4.90 Å². The van der Waals surface area contributed by atoms with Crippen molar-refractivity contribution in [3.05, 3.63) is 248 Å². The minimum Gasteiger partial charge on any atom is -0.309 e. The highest BCUT2D eigenvalue weighted by molar-refractivity contribution is 6.14. The van der Waals surface area contributed by atoms with E-state index in [1.54, 1.807) is 0 Å². The topological polar surface area (TPSA) is 20.5 Å². The minimum atomic E-state index is -0.186. The van der Waals surface area contributed by atoms with Gasteiger partial charge < -0.3 is 4.90 Å². The van der Waals surface area contributed by atoms with Gasteiger partial charge in [0.15, 0.2) is 0 Å². The predicted octanol–water partition coefficient (Wildman–Crippen LogP) is 16.6. The van der Waals surface area contributed by atoms with Crippen LogP contribution in [0.2, 0.25) is 0 Å². The van der Waals surface area contributed by atoms with Gasteiger partial charge in [0.25, 0.3) is 0 Å². The molecule has 0 amide bonds. The lowest BCUT2D eigenvalue weighted by atomic mass is 9.82. The number of pyridine rings is 1. The number of hydrogen-bond donors (Lipinski definition) is 0. The van der Waals surface area contributed by atoms with E-state index in [1.165, 1.54) is 38.9 Å². The fraction of sp³-hybridized carbons (Fsp3) is 0.0484. The summed E-state index contributed by atoms with van der Waals surface area (Å²) in [5, 5.41) is 7.81. The molecule has 2 aromatic heterocycles. The molecule has 1 aliphatic carbocycles. The zero-order chi connectivity index (χ0) is 43.5. The molecule has 11 aromatic rings. The Morgan fingerprint density at radius 3 is 1.58 bits per heavy atom. The molecule has 0 atom stereocenters. The molecular weight excluding hydrogens is 787 g/mol. The smallest absolute Gasteiger partial charge is 0.101 e. The molecule has 0 spiro atoms. The lowest BCUT2D eigenvalue weighted by Crippen LogP contribution is -2.16. The van der Waals surface area contributed by atoms with Gasteiger partial charge in [0.1, 0.15) is 5.69 Å². The maximum absolute atomic E-state index is 5.56. The predicted molar refractivity (Wildman–Crippen MR) is 272 cm³/mol. The molecule has 12 rings (SSSR count). The van der Waals surface area contributed by atoms with Crippen molar-refractivity contribution < 1.29 is 0 Å². The molecule has 0 saturated heterocycles. The zero-order valence-electron chi connectivity index (χ0n) is 36.4. The first-order valence-electron chi connectivity index (χ1n) is 22.5. The quantitative estimate of drug-likeness (QED) is 0.152. The van der Waals surface area contributed by atoms with Gasteiger partial charge in [0.05, 0.1) is 28.3 Å². The average Bonchev–Trinajstić information content (AvgIpc) is 3.89. The van der Waals surface area contributed by atoms with Crippen LogP contribution in [0.3, 0.4) is 0 Å². The van der Waals surface area contributed by atoms with Gasteiger partial charge >= 0.3 is 0 Å². The largest absolute Gasteiger partial charge is 0.309 e. The maximum atomic E-state index is 5.56. The first-order chi connectivity index (χ1) is 32.1. The SMILES string of the molecule is CC1(C)c2ccccc2-c2c(N(c3ccccc3-c3ccccc3-c3ccccc3)c3cccc4c3cc(-c3ccccc3)n3nc(-c5ccccc5)c(-c5ccccc5)c43)cccc21. The van der Waals surface area contributed by atoms with Crippen LogP contribution >= 0.6 is 0 Å². The highest BCUT2D eigenvalue weighted by Gasteiger charge is 2.38. The standard InChI is InChI=1S/C62H45N3/c1-62(2)52-36-19-17-34-50(52)59-53(62)37-22-40-56(59)64(54-38-20-18-33-48(54)47-32-16-15-31-46(47)42-23-7-3-8-24-42)55-39-21-35-49-51(55)41-57(43-25-9-4-10-26-43)65-61(49)58(44-27-11-5-12-28-44)60(63-65)45-29-13-6-14-30-45/h3-41H,1-2H3. The van der Waals surface area contributed by atoms with E-state index >= 15 is 0 Å². The Hall–Kier alpha value is -8.27. The second-order valence-corrected chi connectivity index (χ2v) is 17.5. The van der Waals surface area contributed by atoms with Crippen molar-refractivity contribution in [3.8, 4) is 67.0 Å². The van der Waals surface area contributed by atoms with Crippen molar-refractivity contribution in [1.29, 1.82) is 0 Å². The molecule has 1 aliphatic rings. The monoisotopic (exact) mass is 831 g/mol. The molecule has 65 heavy (non-hydrogen) atoms. The third-order valence-corrected chi connectivity index (χ3v) is 13.4. The highest BCUT2D eigenvalue weighted by Crippen LogP contribution is 2.56. The molecular formula is C62H45N3. The number of rotatable bonds is 8. The summed E-state index contributed by atoms with van der Waals surface area (Å²) in [5.41, 5.74) is 20.5. The van der Waals surface area contributed by atoms with Crippen LogP contribution in [0.25, 0.3) is 83.3 Å². The summed E-state index contributed by atoms with van der Waals surface area (Å²) >= 11 is 0. The summed E-state index contributed by atoms with van der Waals surface area (Å²) in [6.45, 7) is 4.73. The molecule has 3 nitrogen and oxygen atoms in total. The Bertz CT molecular complexity index is 3550. The van der Waals surface area contributed by atoms with E-state index in [0.29, 0.717) is 0 Å². The van der Waals surface area contributed by atoms with E-state index in [-0.39, 0.29) is 5.41 Å². The van der Waals surface area contributed by atoms with Crippen LogP contribution in [0.15, 0.2) is 237 Å². The molecule has 0 bridgehead atoms. The Labute approximate surface area is 380 Å². The molecule has 3 heteroatoms. The number of benzene rings is 9. The van der Waals surface area contributed by atoms with Crippen LogP contribution in [0.1, 0.15) is 25.0 Å². The number of anilines is 3. The van der Waals surface area contributed by atoms with Crippen molar-refractivity contribution in [3.63, 3.8) is 0 Å². The molecule has 0 unspecified atom stereocenters. The van der Waals surface area contributed by atoms with Gasteiger partial charge in [-0.05, 0) is 63.2 Å². The normalized spacial score (nSPS) is 12.6. The Morgan fingerprint density at radius 2 is 0.877 bits per heavy atom. The van der Waals surface area contributed by atoms with Gasteiger partial charge in [-0.25, -0.2) is 4.52 Å². The summed E-state index contributed by atoms with van der Waals surface area (Å²) in [6.07, 6.45) is 0. The van der Waals surface area contributed by atoms with E-state index < -0.39 is 0 Å². The van der Waals surface area contributed by atoms with Gasteiger partial charge in [-0.3, -0.25) is 0 Å². The Morgan fingerprint density at radius 1 is 0.369 bits per heavy atom. The maximum Gasteiger partial charge on any atom is 0.101 e. The molecule has 9 aromatic carbocycles. The molecule has 308 valence electrons. The van der Waals surface area contributed by atoms with Crippen LogP contribution in [0.5, 0.6) is 0 Å². The second kappa shape index (κ2) is 15.5. The summed E-state index contributed by atoms with van der Waals surface area (Å²) in [4.78, 5) is 2.55.